The minimum Gasteiger partial charge on any atom is -0.0622 e. The Morgan fingerprint density at radius 2 is 0.806 bits per heavy atom. The molecule has 0 fully saturated rings. The Kier molecular flexibility index (Phi) is 1.87. The van der Waals surface area contributed by atoms with Crippen LogP contribution in [0.3, 0.4) is 0 Å². The van der Waals surface area contributed by atoms with Gasteiger partial charge in [0.25, 0.3) is 0 Å². The van der Waals surface area contributed by atoms with E-state index < -0.39 is 194 Å². The van der Waals surface area contributed by atoms with Gasteiger partial charge in [-0.15, -0.1) is 0 Å². The molecule has 0 N–H and O–H groups in total. The summed E-state index contributed by atoms with van der Waals surface area (Å²) in [4.78, 5) is 0. The van der Waals surface area contributed by atoms with Crippen LogP contribution in [0.5, 0.6) is 0 Å². The van der Waals surface area contributed by atoms with Gasteiger partial charge in [0.15, 0.2) is 0 Å². The average molecular weight is 480 g/mol. The summed E-state index contributed by atoms with van der Waals surface area (Å²) in [6, 6.07) is -18.6. The van der Waals surface area contributed by atoms with Crippen molar-refractivity contribution in [2.24, 2.45) is 0 Å². The normalized spacial score (nSPS) is 20.3. The van der Waals surface area contributed by atoms with Crippen molar-refractivity contribution in [2.45, 2.75) is 0 Å². The molecule has 0 atom stereocenters. The molecule has 7 rings (SSSR count). The van der Waals surface area contributed by atoms with E-state index in [1.807, 2.05) is 0 Å². The molecule has 0 amide bonds. The van der Waals surface area contributed by atoms with Crippen molar-refractivity contribution in [1.82, 2.24) is 0 Å². The first-order chi connectivity index (χ1) is 27.4. The first-order valence-corrected chi connectivity index (χ1v) is 10.6. The van der Waals surface area contributed by atoms with E-state index in [4.69, 9.17) is 26.0 Å². The topological polar surface area (TPSA) is 0 Å². The second-order valence-corrected chi connectivity index (χ2v) is 7.58. The van der Waals surface area contributed by atoms with Crippen LogP contribution in [0, 0.1) is 0 Å². The van der Waals surface area contributed by atoms with Crippen molar-refractivity contribution in [2.75, 3.05) is 0 Å². The molecule has 0 radical (unpaired) electrons. The molecule has 0 heterocycles. The predicted octanol–water partition coefficient (Wildman–Crippen LogP) is 10.1. The van der Waals surface area contributed by atoms with Crippen LogP contribution < -0.4 is 0 Å². The molecule has 0 bridgehead atoms. The van der Waals surface area contributed by atoms with Crippen LogP contribution in [0.2, 0.25) is 0 Å². The van der Waals surface area contributed by atoms with Gasteiger partial charge >= 0.3 is 0 Å². The molecule has 36 heavy (non-hydrogen) atoms. The molecule has 7 aromatic rings. The van der Waals surface area contributed by atoms with Crippen LogP contribution in [0.4, 0.5) is 0 Å². The lowest BCUT2D eigenvalue weighted by Gasteiger charge is -2.18. The molecule has 168 valence electrons. The van der Waals surface area contributed by atoms with Crippen LogP contribution in [-0.4, -0.2) is 0 Å². The third-order valence-corrected chi connectivity index (χ3v) is 5.64. The highest BCUT2D eigenvalue weighted by atomic mass is 14.2. The van der Waals surface area contributed by atoms with E-state index in [0.717, 1.165) is 6.07 Å². The fourth-order valence-electron chi connectivity index (χ4n) is 4.13. The summed E-state index contributed by atoms with van der Waals surface area (Å²) < 4.78 is 201. The second-order valence-electron chi connectivity index (χ2n) is 7.58. The molecule has 0 heteroatoms. The molecule has 7 aromatic carbocycles. The quantitative estimate of drug-likeness (QED) is 0.221. The Hall–Kier alpha value is -4.68. The Balaban J connectivity index is 1.81. The zero-order valence-corrected chi connectivity index (χ0v) is 18.1. The molecular formula is C36H24. The van der Waals surface area contributed by atoms with Gasteiger partial charge in [-0.05, 0) is 65.7 Å². The van der Waals surface area contributed by atoms with Gasteiger partial charge in [-0.2, -0.15) is 0 Å². The summed E-state index contributed by atoms with van der Waals surface area (Å²) in [5.74, 6) is 0. The number of hydrogen-bond donors (Lipinski definition) is 0. The van der Waals surface area contributed by atoms with Crippen LogP contribution in [0.15, 0.2) is 145 Å². The first-order valence-electron chi connectivity index (χ1n) is 22.1. The first kappa shape index (κ1) is 7.91. The molecule has 0 aromatic heterocycles. The molecule has 0 nitrogen and oxygen atoms in total. The van der Waals surface area contributed by atoms with E-state index >= 15 is 0 Å². The summed E-state index contributed by atoms with van der Waals surface area (Å²) in [5.41, 5.74) is -3.89. The SMILES string of the molecule is [2H]c1cc2c(-c3c([2H])c([2H])c(-c4c5c([2H])c([2H])c([2H])c([2H])c5c(-c5c([2H])c([2H])c([2H])c([2H])c5[2H])c5c([2H])c([2H])c([2H])c([2H])c45)c([2H])c3[2H])c([2H])c([2H])c([2H])c2c([2H])c1[2H]. The van der Waals surface area contributed by atoms with E-state index in [1.165, 1.54) is 0 Å². The highest BCUT2D eigenvalue weighted by Gasteiger charge is 2.16. The Morgan fingerprint density at radius 3 is 1.42 bits per heavy atom. The Morgan fingerprint density at radius 1 is 0.333 bits per heavy atom. The zero-order chi connectivity index (χ0) is 43.9. The third kappa shape index (κ3) is 3.31. The molecular weight excluding hydrogens is 432 g/mol. The maximum atomic E-state index is 9.36. The number of fused-ring (bicyclic) bond motifs is 3. The lowest BCUT2D eigenvalue weighted by molar-refractivity contribution is 1.63. The molecule has 0 aliphatic rings. The van der Waals surface area contributed by atoms with Crippen molar-refractivity contribution in [3.8, 4) is 33.4 Å². The van der Waals surface area contributed by atoms with Crippen LogP contribution in [0.1, 0.15) is 31.5 Å². The van der Waals surface area contributed by atoms with Gasteiger partial charge in [-0.3, -0.25) is 0 Å². The molecule has 0 aliphatic heterocycles. The summed E-state index contributed by atoms with van der Waals surface area (Å²) in [5, 5.41) is -3.23. The van der Waals surface area contributed by atoms with Gasteiger partial charge in [0.2, 0.25) is 0 Å². The third-order valence-electron chi connectivity index (χ3n) is 5.64. The van der Waals surface area contributed by atoms with Crippen molar-refractivity contribution in [1.29, 1.82) is 0 Å². The fourth-order valence-corrected chi connectivity index (χ4v) is 4.13. The largest absolute Gasteiger partial charge is 0.0629 e. The van der Waals surface area contributed by atoms with Crippen LogP contribution in [0.25, 0.3) is 65.7 Å². The lowest BCUT2D eigenvalue weighted by atomic mass is 9.85. The van der Waals surface area contributed by atoms with E-state index in [1.54, 1.807) is 0 Å². The van der Waals surface area contributed by atoms with Crippen molar-refractivity contribution >= 4 is 32.3 Å². The molecule has 0 spiro atoms. The van der Waals surface area contributed by atoms with Crippen molar-refractivity contribution in [3.63, 3.8) is 0 Å². The van der Waals surface area contributed by atoms with Gasteiger partial charge in [-0.1, -0.05) is 145 Å². The smallest absolute Gasteiger partial charge is 0.0622 e. The minimum absolute atomic E-state index is 0.280. The van der Waals surface area contributed by atoms with E-state index in [0.29, 0.717) is 0 Å². The van der Waals surface area contributed by atoms with Gasteiger partial charge < -0.3 is 0 Å². The molecule has 0 saturated heterocycles. The number of rotatable bonds is 3. The maximum absolute atomic E-state index is 9.36. The predicted molar refractivity (Wildman–Crippen MR) is 155 cm³/mol. The van der Waals surface area contributed by atoms with E-state index in [9.17, 15) is 5.48 Å². The average Bonchev–Trinajstić information content (AvgIpc) is 3.20. The lowest BCUT2D eigenvalue weighted by Crippen LogP contribution is -1.90. The van der Waals surface area contributed by atoms with Crippen molar-refractivity contribution < 1.29 is 31.5 Å². The summed E-state index contributed by atoms with van der Waals surface area (Å²) in [6.07, 6.45) is 0. The van der Waals surface area contributed by atoms with E-state index in [-0.39, 0.29) is 10.8 Å². The van der Waals surface area contributed by atoms with Gasteiger partial charge in [-0.25, -0.2) is 0 Å². The molecule has 0 unspecified atom stereocenters. The minimum atomic E-state index is -0.984. The highest BCUT2D eigenvalue weighted by molar-refractivity contribution is 6.21. The highest BCUT2D eigenvalue weighted by Crippen LogP contribution is 2.43. The summed E-state index contributed by atoms with van der Waals surface area (Å²) in [7, 11) is 0. The van der Waals surface area contributed by atoms with Crippen LogP contribution >= 0.6 is 0 Å². The van der Waals surface area contributed by atoms with Crippen LogP contribution in [-0.2, 0) is 0 Å². The fraction of sp³-hybridized carbons (Fsp3) is 0. The number of hydrogen-bond acceptors (Lipinski definition) is 0. The molecule has 0 saturated carbocycles. The Labute approximate surface area is 243 Å². The summed E-state index contributed by atoms with van der Waals surface area (Å²) >= 11 is 0. The second kappa shape index (κ2) is 8.52. The van der Waals surface area contributed by atoms with Crippen molar-refractivity contribution in [3.05, 3.63) is 145 Å². The molecule has 0 aliphatic carbocycles. The zero-order valence-electron chi connectivity index (χ0n) is 41.1. The van der Waals surface area contributed by atoms with Gasteiger partial charge in [0, 0.05) is 0 Å². The van der Waals surface area contributed by atoms with Gasteiger partial charge in [0.05, 0.1) is 31.5 Å². The summed E-state index contributed by atoms with van der Waals surface area (Å²) in [6.45, 7) is 0. The number of benzene rings is 7. The standard InChI is InChI=1S/C36H24/c1-2-12-27(13-3-1)35-31-16-6-8-18-33(31)36(34-19-9-7-17-32(34)35)28-23-21-26(22-24-28)30-20-10-14-25-11-4-5-15-29(25)30/h1-24H/i1D,2D,3D,4D,5D,6D,7D,8D,9D,10D,11D,12D,13D,14D,16D,17D,18D,19D,20D,21D,22D,23D,24D. The monoisotopic (exact) mass is 479 g/mol. The van der Waals surface area contributed by atoms with Gasteiger partial charge in [0.1, 0.15) is 0 Å². The van der Waals surface area contributed by atoms with E-state index in [2.05, 4.69) is 0 Å². The Bertz CT molecular complexity index is 2990. The maximum Gasteiger partial charge on any atom is 0.0629 e.